The van der Waals surface area contributed by atoms with Gasteiger partial charge in [-0.15, -0.1) is 0 Å². The Morgan fingerprint density at radius 2 is 1.90 bits per heavy atom. The summed E-state index contributed by atoms with van der Waals surface area (Å²) in [6.45, 7) is 4.26. The Morgan fingerprint density at radius 1 is 1.29 bits per heavy atom. The van der Waals surface area contributed by atoms with E-state index in [1.165, 1.54) is 25.5 Å². The van der Waals surface area contributed by atoms with Gasteiger partial charge in [0.1, 0.15) is 0 Å². The molecule has 1 saturated heterocycles. The highest BCUT2D eigenvalue weighted by Crippen LogP contribution is 2.43. The Hall–Kier alpha value is -0.170. The van der Waals surface area contributed by atoms with Crippen LogP contribution in [0.1, 0.15) is 58.8 Å². The normalized spacial score (nSPS) is 28.5. The molecular formula is C15H30N2O3S. The van der Waals surface area contributed by atoms with Crippen LogP contribution < -0.4 is 11.3 Å². The lowest BCUT2D eigenvalue weighted by Gasteiger charge is -2.48. The molecule has 21 heavy (non-hydrogen) atoms. The molecule has 1 spiro atoms. The maximum absolute atomic E-state index is 12.1. The van der Waals surface area contributed by atoms with E-state index < -0.39 is 14.6 Å². The van der Waals surface area contributed by atoms with E-state index in [1.54, 1.807) is 13.8 Å². The van der Waals surface area contributed by atoms with Gasteiger partial charge < -0.3 is 4.74 Å². The number of sulfone groups is 1. The molecule has 124 valence electrons. The van der Waals surface area contributed by atoms with E-state index in [2.05, 4.69) is 5.43 Å². The van der Waals surface area contributed by atoms with Crippen LogP contribution in [0.25, 0.3) is 0 Å². The van der Waals surface area contributed by atoms with Gasteiger partial charge in [-0.25, -0.2) is 8.42 Å². The van der Waals surface area contributed by atoms with Crippen LogP contribution in [-0.2, 0) is 14.6 Å². The van der Waals surface area contributed by atoms with Crippen molar-refractivity contribution < 1.29 is 13.2 Å². The van der Waals surface area contributed by atoms with Crippen LogP contribution >= 0.6 is 0 Å². The van der Waals surface area contributed by atoms with Gasteiger partial charge in [0.15, 0.2) is 9.84 Å². The molecule has 2 rings (SSSR count). The lowest BCUT2D eigenvalue weighted by Crippen LogP contribution is -2.60. The average Bonchev–Trinajstić information content (AvgIpc) is 2.39. The van der Waals surface area contributed by atoms with Crippen molar-refractivity contribution in [1.29, 1.82) is 0 Å². The molecule has 0 amide bonds. The monoisotopic (exact) mass is 318 g/mol. The van der Waals surface area contributed by atoms with E-state index in [0.29, 0.717) is 6.61 Å². The van der Waals surface area contributed by atoms with Gasteiger partial charge in [-0.2, -0.15) is 0 Å². The third-order valence-corrected chi connectivity index (χ3v) is 7.82. The molecule has 1 aliphatic carbocycles. The molecule has 3 N–H and O–H groups in total. The van der Waals surface area contributed by atoms with Gasteiger partial charge >= 0.3 is 0 Å². The van der Waals surface area contributed by atoms with Crippen molar-refractivity contribution in [2.75, 3.05) is 12.9 Å². The predicted molar refractivity (Wildman–Crippen MR) is 84.5 cm³/mol. The Kier molecular flexibility index (Phi) is 5.03. The number of hydrogen-bond donors (Lipinski definition) is 2. The second kappa shape index (κ2) is 6.14. The van der Waals surface area contributed by atoms with E-state index in [1.807, 2.05) is 0 Å². The first kappa shape index (κ1) is 17.2. The van der Waals surface area contributed by atoms with Crippen molar-refractivity contribution in [1.82, 2.24) is 5.43 Å². The zero-order valence-corrected chi connectivity index (χ0v) is 14.3. The van der Waals surface area contributed by atoms with E-state index in [-0.39, 0.29) is 17.6 Å². The molecule has 0 bridgehead atoms. The van der Waals surface area contributed by atoms with E-state index in [9.17, 15) is 8.42 Å². The molecule has 0 radical (unpaired) electrons. The fourth-order valence-electron chi connectivity index (χ4n) is 4.03. The summed E-state index contributed by atoms with van der Waals surface area (Å²) in [4.78, 5) is 0. The van der Waals surface area contributed by atoms with Gasteiger partial charge in [-0.1, -0.05) is 19.3 Å². The van der Waals surface area contributed by atoms with Crippen LogP contribution in [0.3, 0.4) is 0 Å². The van der Waals surface area contributed by atoms with Crippen LogP contribution in [-0.4, -0.2) is 37.7 Å². The number of ether oxygens (including phenoxy) is 1. The summed E-state index contributed by atoms with van der Waals surface area (Å²) in [6, 6.07) is -0.241. The van der Waals surface area contributed by atoms with Crippen LogP contribution in [0, 0.1) is 5.92 Å². The van der Waals surface area contributed by atoms with Crippen LogP contribution in [0.5, 0.6) is 0 Å². The second-order valence-electron chi connectivity index (χ2n) is 7.36. The van der Waals surface area contributed by atoms with Gasteiger partial charge in [0.2, 0.25) is 0 Å². The summed E-state index contributed by atoms with van der Waals surface area (Å²) in [6.07, 6.45) is 8.98. The van der Waals surface area contributed by atoms with Crippen molar-refractivity contribution >= 4 is 9.84 Å². The SMILES string of the molecule is CC(C)(C(NN)C1CCOC2(CCCCC2)C1)S(C)(=O)=O. The first-order chi connectivity index (χ1) is 9.72. The van der Waals surface area contributed by atoms with Gasteiger partial charge in [0.25, 0.3) is 0 Å². The van der Waals surface area contributed by atoms with Crippen molar-refractivity contribution in [3.05, 3.63) is 0 Å². The predicted octanol–water partition coefficient (Wildman–Crippen LogP) is 1.77. The Labute approximate surface area is 128 Å². The molecule has 5 nitrogen and oxygen atoms in total. The summed E-state index contributed by atoms with van der Waals surface area (Å²) >= 11 is 0. The molecule has 0 aromatic rings. The van der Waals surface area contributed by atoms with Crippen molar-refractivity contribution in [3.8, 4) is 0 Å². The minimum Gasteiger partial charge on any atom is -0.375 e. The van der Waals surface area contributed by atoms with Crippen LogP contribution in [0.4, 0.5) is 0 Å². The van der Waals surface area contributed by atoms with Crippen molar-refractivity contribution in [2.24, 2.45) is 11.8 Å². The highest BCUT2D eigenvalue weighted by molar-refractivity contribution is 7.92. The topological polar surface area (TPSA) is 81.4 Å². The van der Waals surface area contributed by atoms with Crippen LogP contribution in [0.2, 0.25) is 0 Å². The minimum absolute atomic E-state index is 0.0378. The first-order valence-electron chi connectivity index (χ1n) is 8.02. The number of hydrazine groups is 1. The highest BCUT2D eigenvalue weighted by atomic mass is 32.2. The molecule has 0 aromatic carbocycles. The van der Waals surface area contributed by atoms with Gasteiger partial charge in [0, 0.05) is 18.9 Å². The highest BCUT2D eigenvalue weighted by Gasteiger charge is 2.47. The third kappa shape index (κ3) is 3.44. The summed E-state index contributed by atoms with van der Waals surface area (Å²) in [7, 11) is -3.19. The zero-order valence-electron chi connectivity index (χ0n) is 13.5. The van der Waals surface area contributed by atoms with Crippen molar-refractivity contribution in [3.63, 3.8) is 0 Å². The molecule has 1 aliphatic heterocycles. The van der Waals surface area contributed by atoms with E-state index >= 15 is 0 Å². The summed E-state index contributed by atoms with van der Waals surface area (Å²) in [5.74, 6) is 5.99. The quantitative estimate of drug-likeness (QED) is 0.610. The van der Waals surface area contributed by atoms with Gasteiger partial charge in [-0.3, -0.25) is 11.3 Å². The smallest absolute Gasteiger partial charge is 0.154 e. The maximum Gasteiger partial charge on any atom is 0.154 e. The standard InChI is InChI=1S/C15H30N2O3S/c1-14(2,21(3,18)19)13(17-16)12-7-10-20-15(11-12)8-5-4-6-9-15/h12-13,17H,4-11,16H2,1-3H3. The molecule has 1 heterocycles. The fraction of sp³-hybridized carbons (Fsp3) is 1.00. The Bertz CT molecular complexity index is 450. The van der Waals surface area contributed by atoms with Gasteiger partial charge in [0.05, 0.1) is 10.3 Å². The lowest BCUT2D eigenvalue weighted by molar-refractivity contribution is -0.123. The fourth-order valence-corrected chi connectivity index (χ4v) is 4.75. The Balaban J connectivity index is 2.18. The minimum atomic E-state index is -3.19. The molecule has 2 atom stereocenters. The number of nitrogens with one attached hydrogen (secondary N) is 1. The molecule has 2 aliphatic rings. The van der Waals surface area contributed by atoms with Gasteiger partial charge in [-0.05, 0) is 45.4 Å². The van der Waals surface area contributed by atoms with E-state index in [0.717, 1.165) is 25.7 Å². The van der Waals surface area contributed by atoms with Crippen LogP contribution in [0.15, 0.2) is 0 Å². The summed E-state index contributed by atoms with van der Waals surface area (Å²) in [5.41, 5.74) is 2.77. The molecule has 1 saturated carbocycles. The largest absolute Gasteiger partial charge is 0.375 e. The molecule has 2 fully saturated rings. The van der Waals surface area contributed by atoms with Crippen molar-refractivity contribution in [2.45, 2.75) is 75.2 Å². The zero-order chi connectivity index (χ0) is 15.7. The molecule has 6 heteroatoms. The average molecular weight is 318 g/mol. The molecule has 0 aromatic heterocycles. The summed E-state index contributed by atoms with van der Waals surface area (Å²) < 4.78 is 29.5. The Morgan fingerprint density at radius 3 is 2.43 bits per heavy atom. The van der Waals surface area contributed by atoms with E-state index in [4.69, 9.17) is 10.6 Å². The third-order valence-electron chi connectivity index (χ3n) is 5.65. The maximum atomic E-state index is 12.1. The molecular weight excluding hydrogens is 288 g/mol. The molecule has 2 unspecified atom stereocenters. The second-order valence-corrected chi connectivity index (χ2v) is 9.96. The number of hydrogen-bond acceptors (Lipinski definition) is 5. The first-order valence-corrected chi connectivity index (χ1v) is 9.91. The number of rotatable bonds is 4. The lowest BCUT2D eigenvalue weighted by atomic mass is 9.72. The summed E-state index contributed by atoms with van der Waals surface area (Å²) in [5, 5.41) is 0. The number of nitrogens with two attached hydrogens (primary N) is 1.